The Labute approximate surface area is 144 Å². The van der Waals surface area contributed by atoms with Crippen LogP contribution in [-0.4, -0.2) is 30.3 Å². The summed E-state index contributed by atoms with van der Waals surface area (Å²) in [5, 5.41) is 14.8. The summed E-state index contributed by atoms with van der Waals surface area (Å²) in [6, 6.07) is 6.24. The van der Waals surface area contributed by atoms with E-state index in [-0.39, 0.29) is 17.6 Å². The fourth-order valence-electron chi connectivity index (χ4n) is 3.60. The molecule has 1 aromatic carbocycles. The summed E-state index contributed by atoms with van der Waals surface area (Å²) in [5.74, 6) is 0.704. The fraction of sp³-hybridized carbons (Fsp3) is 0.389. The van der Waals surface area contributed by atoms with E-state index in [1.807, 2.05) is 13.8 Å². The summed E-state index contributed by atoms with van der Waals surface area (Å²) in [6.07, 6.45) is 2.20. The second kappa shape index (κ2) is 5.49. The zero-order chi connectivity index (χ0) is 17.8. The van der Waals surface area contributed by atoms with Gasteiger partial charge in [0.05, 0.1) is 17.0 Å². The molecule has 1 aliphatic carbocycles. The molecule has 2 unspecified atom stereocenters. The van der Waals surface area contributed by atoms with E-state index in [9.17, 15) is 9.50 Å². The Bertz CT molecular complexity index is 965. The van der Waals surface area contributed by atoms with Crippen LogP contribution in [0.1, 0.15) is 43.6 Å². The minimum absolute atomic E-state index is 0.103. The highest BCUT2D eigenvalue weighted by molar-refractivity contribution is 5.69. The number of nitrogens with zero attached hydrogens (tertiary/aromatic N) is 4. The average molecular weight is 341 g/mol. The largest absolute Gasteiger partial charge is 0.390 e. The van der Waals surface area contributed by atoms with Gasteiger partial charge in [0.2, 0.25) is 0 Å². The molecule has 1 fully saturated rings. The van der Waals surface area contributed by atoms with Crippen molar-refractivity contribution in [2.24, 2.45) is 0 Å². The van der Waals surface area contributed by atoms with Gasteiger partial charge in [-0.25, -0.2) is 18.9 Å². The predicted octanol–water partition coefficient (Wildman–Crippen LogP) is 2.84. The third kappa shape index (κ3) is 2.74. The van der Waals surface area contributed by atoms with Crippen LogP contribution in [-0.2, 0) is 0 Å². The molecule has 0 radical (unpaired) electrons. The Morgan fingerprint density at radius 2 is 2.16 bits per heavy atom. The molecule has 2 aromatic heterocycles. The molecule has 1 aliphatic rings. The quantitative estimate of drug-likeness (QED) is 0.748. The van der Waals surface area contributed by atoms with Gasteiger partial charge in [-0.05, 0) is 45.2 Å². The van der Waals surface area contributed by atoms with Crippen LogP contribution in [0.3, 0.4) is 0 Å². The minimum atomic E-state index is -0.673. The van der Waals surface area contributed by atoms with Gasteiger partial charge in [0.25, 0.3) is 0 Å². The molecular formula is C18H20FN5O. The minimum Gasteiger partial charge on any atom is -0.390 e. The van der Waals surface area contributed by atoms with Gasteiger partial charge in [-0.2, -0.15) is 5.10 Å². The number of rotatable bonds is 2. The van der Waals surface area contributed by atoms with E-state index >= 15 is 0 Å². The molecule has 4 rings (SSSR count). The van der Waals surface area contributed by atoms with Crippen LogP contribution in [0.4, 0.5) is 10.2 Å². The molecule has 25 heavy (non-hydrogen) atoms. The van der Waals surface area contributed by atoms with Crippen LogP contribution in [0, 0.1) is 12.7 Å². The second-order valence-corrected chi connectivity index (χ2v) is 7.08. The van der Waals surface area contributed by atoms with E-state index in [4.69, 9.17) is 5.73 Å². The van der Waals surface area contributed by atoms with Crippen LogP contribution >= 0.6 is 0 Å². The van der Waals surface area contributed by atoms with Gasteiger partial charge in [0.15, 0.2) is 17.3 Å². The smallest absolute Gasteiger partial charge is 0.198 e. The molecule has 3 aromatic rings. The maximum absolute atomic E-state index is 13.6. The lowest BCUT2D eigenvalue weighted by atomic mass is 10.0. The van der Waals surface area contributed by atoms with Crippen molar-refractivity contribution in [1.29, 1.82) is 0 Å². The zero-order valence-corrected chi connectivity index (χ0v) is 14.2. The molecule has 2 atom stereocenters. The number of hydrogen-bond acceptors (Lipinski definition) is 5. The van der Waals surface area contributed by atoms with Crippen molar-refractivity contribution >= 4 is 11.5 Å². The molecule has 0 amide bonds. The van der Waals surface area contributed by atoms with Crippen molar-refractivity contribution in [1.82, 2.24) is 19.6 Å². The van der Waals surface area contributed by atoms with Gasteiger partial charge in [-0.1, -0.05) is 12.1 Å². The zero-order valence-electron chi connectivity index (χ0n) is 14.2. The standard InChI is InChI=1S/C18H20FN5O/c1-10-14(11-4-3-5-13(19)8-11)21-15(20)17-22-16(23-24(10)17)12-6-7-18(2,25)9-12/h3-5,8,12,25H,6-7,9H2,1-2H3,(H2,20,21). The second-order valence-electron chi connectivity index (χ2n) is 7.08. The molecule has 3 N–H and O–H groups in total. The Hall–Kier alpha value is -2.54. The number of benzene rings is 1. The van der Waals surface area contributed by atoms with Crippen molar-refractivity contribution in [3.05, 3.63) is 41.6 Å². The van der Waals surface area contributed by atoms with Crippen molar-refractivity contribution in [2.45, 2.75) is 44.6 Å². The van der Waals surface area contributed by atoms with Crippen LogP contribution in [0.15, 0.2) is 24.3 Å². The Morgan fingerprint density at radius 3 is 2.84 bits per heavy atom. The number of aromatic nitrogens is 4. The number of fused-ring (bicyclic) bond motifs is 1. The summed E-state index contributed by atoms with van der Waals surface area (Å²) in [7, 11) is 0. The third-order valence-corrected chi connectivity index (χ3v) is 4.93. The molecule has 1 saturated carbocycles. The lowest BCUT2D eigenvalue weighted by Crippen LogP contribution is -2.18. The van der Waals surface area contributed by atoms with Gasteiger partial charge in [0.1, 0.15) is 5.82 Å². The highest BCUT2D eigenvalue weighted by Gasteiger charge is 2.36. The SMILES string of the molecule is Cc1c(-c2cccc(F)c2)nc(N)c2nc(C3CCC(C)(O)C3)nn12. The van der Waals surface area contributed by atoms with E-state index in [2.05, 4.69) is 15.1 Å². The number of nitrogen functional groups attached to an aromatic ring is 1. The molecule has 2 heterocycles. The summed E-state index contributed by atoms with van der Waals surface area (Å²) < 4.78 is 15.2. The Balaban J connectivity index is 1.83. The Morgan fingerprint density at radius 1 is 1.36 bits per heavy atom. The Kier molecular flexibility index (Phi) is 3.50. The number of hydrogen-bond donors (Lipinski definition) is 2. The molecule has 0 aliphatic heterocycles. The van der Waals surface area contributed by atoms with Crippen LogP contribution < -0.4 is 5.73 Å². The number of halogens is 1. The van der Waals surface area contributed by atoms with E-state index < -0.39 is 5.60 Å². The van der Waals surface area contributed by atoms with Gasteiger partial charge >= 0.3 is 0 Å². The van der Waals surface area contributed by atoms with Gasteiger partial charge < -0.3 is 10.8 Å². The molecule has 130 valence electrons. The predicted molar refractivity (Wildman–Crippen MR) is 92.5 cm³/mol. The van der Waals surface area contributed by atoms with Gasteiger partial charge in [-0.3, -0.25) is 0 Å². The van der Waals surface area contributed by atoms with Crippen molar-refractivity contribution in [3.8, 4) is 11.3 Å². The molecule has 0 saturated heterocycles. The lowest BCUT2D eigenvalue weighted by Gasteiger charge is -2.14. The normalized spacial score (nSPS) is 23.4. The van der Waals surface area contributed by atoms with Crippen molar-refractivity contribution in [2.75, 3.05) is 5.73 Å². The summed E-state index contributed by atoms with van der Waals surface area (Å²) in [6.45, 7) is 3.70. The third-order valence-electron chi connectivity index (χ3n) is 4.93. The maximum Gasteiger partial charge on any atom is 0.198 e. The molecule has 7 heteroatoms. The molecule has 6 nitrogen and oxygen atoms in total. The first-order valence-corrected chi connectivity index (χ1v) is 8.35. The number of anilines is 1. The van der Waals surface area contributed by atoms with E-state index in [1.165, 1.54) is 12.1 Å². The van der Waals surface area contributed by atoms with E-state index in [1.54, 1.807) is 16.6 Å². The highest BCUT2D eigenvalue weighted by Crippen LogP contribution is 2.39. The monoisotopic (exact) mass is 341 g/mol. The first kappa shape index (κ1) is 16.0. The average Bonchev–Trinajstić information content (AvgIpc) is 3.15. The van der Waals surface area contributed by atoms with E-state index in [0.29, 0.717) is 29.1 Å². The lowest BCUT2D eigenvalue weighted by molar-refractivity contribution is 0.0662. The van der Waals surface area contributed by atoms with Crippen molar-refractivity contribution < 1.29 is 9.50 Å². The van der Waals surface area contributed by atoms with Gasteiger partial charge in [-0.15, -0.1) is 0 Å². The van der Waals surface area contributed by atoms with Crippen LogP contribution in [0.2, 0.25) is 0 Å². The molecule has 0 spiro atoms. The fourth-order valence-corrected chi connectivity index (χ4v) is 3.60. The highest BCUT2D eigenvalue weighted by atomic mass is 19.1. The maximum atomic E-state index is 13.6. The van der Waals surface area contributed by atoms with Crippen LogP contribution in [0.5, 0.6) is 0 Å². The van der Waals surface area contributed by atoms with Crippen molar-refractivity contribution in [3.63, 3.8) is 0 Å². The molecule has 0 bridgehead atoms. The molecular weight excluding hydrogens is 321 g/mol. The summed E-state index contributed by atoms with van der Waals surface area (Å²) >= 11 is 0. The number of aliphatic hydroxyl groups is 1. The summed E-state index contributed by atoms with van der Waals surface area (Å²) in [5.41, 5.74) is 7.89. The summed E-state index contributed by atoms with van der Waals surface area (Å²) in [4.78, 5) is 8.97. The number of nitrogens with two attached hydrogens (primary N) is 1. The van der Waals surface area contributed by atoms with E-state index in [0.717, 1.165) is 18.5 Å². The topological polar surface area (TPSA) is 89.3 Å². The first-order valence-electron chi connectivity index (χ1n) is 8.35. The number of aryl methyl sites for hydroxylation is 1. The van der Waals surface area contributed by atoms with Crippen LogP contribution in [0.25, 0.3) is 16.9 Å². The van der Waals surface area contributed by atoms with Gasteiger partial charge in [0, 0.05) is 11.5 Å². The first-order chi connectivity index (χ1) is 11.8.